The van der Waals surface area contributed by atoms with E-state index in [-0.39, 0.29) is 24.8 Å². The average Bonchev–Trinajstić information content (AvgIpc) is 2.44. The fourth-order valence-corrected chi connectivity index (χ4v) is 1.65. The molecule has 0 aromatic rings. The third-order valence-corrected chi connectivity index (χ3v) is 2.80. The Labute approximate surface area is 137 Å². The number of hydrogen-bond acceptors (Lipinski definition) is 6. The van der Waals surface area contributed by atoms with E-state index in [0.717, 1.165) is 0 Å². The second kappa shape index (κ2) is 10.8. The molecule has 0 spiro atoms. The molecule has 134 valence electrons. The minimum atomic E-state index is -0.630. The van der Waals surface area contributed by atoms with Crippen molar-refractivity contribution in [2.24, 2.45) is 5.73 Å². The van der Waals surface area contributed by atoms with Crippen LogP contribution in [0.2, 0.25) is 0 Å². The summed E-state index contributed by atoms with van der Waals surface area (Å²) in [6.45, 7) is 6.06. The minimum Gasteiger partial charge on any atom is -0.469 e. The minimum absolute atomic E-state index is 0.120. The van der Waals surface area contributed by atoms with Crippen LogP contribution in [0.15, 0.2) is 0 Å². The molecular weight excluding hydrogens is 302 g/mol. The fraction of sp³-hybridized carbons (Fsp3) is 0.800. The van der Waals surface area contributed by atoms with Crippen molar-refractivity contribution < 1.29 is 23.9 Å². The molecule has 0 heterocycles. The van der Waals surface area contributed by atoms with Crippen LogP contribution < -0.4 is 16.4 Å². The zero-order valence-electron chi connectivity index (χ0n) is 14.4. The molecule has 1 atom stereocenters. The molecule has 0 bridgehead atoms. The number of esters is 1. The van der Waals surface area contributed by atoms with Gasteiger partial charge in [0.05, 0.1) is 19.6 Å². The molecule has 4 N–H and O–H groups in total. The van der Waals surface area contributed by atoms with E-state index in [4.69, 9.17) is 10.5 Å². The maximum absolute atomic E-state index is 11.7. The van der Waals surface area contributed by atoms with E-state index in [0.29, 0.717) is 25.8 Å². The Kier molecular flexibility index (Phi) is 9.96. The van der Waals surface area contributed by atoms with E-state index in [1.807, 2.05) is 0 Å². The standard InChI is InChI=1S/C15H29N3O5/c1-15(2,3)23-14(21)18-9-6-5-7-11(16)13(20)17-10-8-12(19)22-4/h11H,5-10,16H2,1-4H3,(H,17,20)(H,18,21)/t11-/m0/s1. The van der Waals surface area contributed by atoms with Crippen LogP contribution in [-0.2, 0) is 19.1 Å². The summed E-state index contributed by atoms with van der Waals surface area (Å²) in [6, 6.07) is -0.630. The van der Waals surface area contributed by atoms with Gasteiger partial charge in [-0.3, -0.25) is 9.59 Å². The number of amides is 2. The predicted octanol–water partition coefficient (Wildman–Crippen LogP) is 0.688. The van der Waals surface area contributed by atoms with Gasteiger partial charge in [0, 0.05) is 13.1 Å². The zero-order valence-corrected chi connectivity index (χ0v) is 14.4. The van der Waals surface area contributed by atoms with Crippen molar-refractivity contribution in [2.75, 3.05) is 20.2 Å². The van der Waals surface area contributed by atoms with Crippen LogP contribution in [0.3, 0.4) is 0 Å². The number of carbonyl (C=O) groups is 3. The lowest BCUT2D eigenvalue weighted by Crippen LogP contribution is -2.41. The summed E-state index contributed by atoms with van der Waals surface area (Å²) >= 11 is 0. The van der Waals surface area contributed by atoms with Crippen molar-refractivity contribution in [3.05, 3.63) is 0 Å². The smallest absolute Gasteiger partial charge is 0.407 e. The number of hydrogen-bond donors (Lipinski definition) is 3. The highest BCUT2D eigenvalue weighted by molar-refractivity contribution is 5.81. The van der Waals surface area contributed by atoms with Gasteiger partial charge in [0.15, 0.2) is 0 Å². The summed E-state index contributed by atoms with van der Waals surface area (Å²) in [7, 11) is 1.29. The number of nitrogens with one attached hydrogen (secondary N) is 2. The first kappa shape index (κ1) is 21.2. The number of alkyl carbamates (subject to hydrolysis) is 1. The van der Waals surface area contributed by atoms with E-state index in [1.165, 1.54) is 7.11 Å². The molecule has 0 aromatic carbocycles. The van der Waals surface area contributed by atoms with Crippen molar-refractivity contribution in [1.82, 2.24) is 10.6 Å². The number of nitrogens with two attached hydrogens (primary N) is 1. The number of rotatable bonds is 9. The molecule has 2 amide bonds. The summed E-state index contributed by atoms with van der Waals surface area (Å²) < 4.78 is 9.57. The quantitative estimate of drug-likeness (QED) is 0.422. The molecule has 0 aliphatic rings. The van der Waals surface area contributed by atoms with E-state index >= 15 is 0 Å². The van der Waals surface area contributed by atoms with Crippen LogP contribution in [0.1, 0.15) is 46.5 Å². The molecule has 8 nitrogen and oxygen atoms in total. The Morgan fingerprint density at radius 2 is 1.74 bits per heavy atom. The Morgan fingerprint density at radius 1 is 1.09 bits per heavy atom. The lowest BCUT2D eigenvalue weighted by Gasteiger charge is -2.19. The number of unbranched alkanes of at least 4 members (excludes halogenated alkanes) is 1. The van der Waals surface area contributed by atoms with Crippen LogP contribution in [0.25, 0.3) is 0 Å². The molecule has 0 saturated heterocycles. The van der Waals surface area contributed by atoms with Crippen molar-refractivity contribution in [2.45, 2.75) is 58.1 Å². The molecule has 0 aliphatic carbocycles. The fourth-order valence-electron chi connectivity index (χ4n) is 1.65. The second-order valence-corrected chi connectivity index (χ2v) is 6.15. The summed E-state index contributed by atoms with van der Waals surface area (Å²) in [5.41, 5.74) is 5.23. The molecule has 0 radical (unpaired) electrons. The largest absolute Gasteiger partial charge is 0.469 e. The molecule has 0 saturated carbocycles. The lowest BCUT2D eigenvalue weighted by molar-refractivity contribution is -0.140. The average molecular weight is 331 g/mol. The van der Waals surface area contributed by atoms with E-state index < -0.39 is 17.7 Å². The molecular formula is C15H29N3O5. The number of ether oxygens (including phenoxy) is 2. The van der Waals surface area contributed by atoms with Gasteiger partial charge in [-0.2, -0.15) is 0 Å². The van der Waals surface area contributed by atoms with Gasteiger partial charge in [0.25, 0.3) is 0 Å². The Morgan fingerprint density at radius 3 is 2.30 bits per heavy atom. The molecule has 0 rings (SSSR count). The summed E-state index contributed by atoms with van der Waals surface area (Å²) in [5, 5.41) is 5.22. The predicted molar refractivity (Wildman–Crippen MR) is 85.7 cm³/mol. The van der Waals surface area contributed by atoms with Gasteiger partial charge in [-0.1, -0.05) is 0 Å². The van der Waals surface area contributed by atoms with Crippen LogP contribution in [0, 0.1) is 0 Å². The highest BCUT2D eigenvalue weighted by atomic mass is 16.6. The van der Waals surface area contributed by atoms with Crippen LogP contribution >= 0.6 is 0 Å². The number of carbonyl (C=O) groups excluding carboxylic acids is 3. The van der Waals surface area contributed by atoms with E-state index in [1.54, 1.807) is 20.8 Å². The van der Waals surface area contributed by atoms with Gasteiger partial charge in [-0.15, -0.1) is 0 Å². The Balaban J connectivity index is 3.69. The van der Waals surface area contributed by atoms with Gasteiger partial charge >= 0.3 is 12.1 Å². The topological polar surface area (TPSA) is 120 Å². The summed E-state index contributed by atoms with van der Waals surface area (Å²) in [4.78, 5) is 34.0. The molecule has 23 heavy (non-hydrogen) atoms. The van der Waals surface area contributed by atoms with Gasteiger partial charge in [0.2, 0.25) is 5.91 Å². The van der Waals surface area contributed by atoms with Crippen LogP contribution in [-0.4, -0.2) is 49.8 Å². The Bertz CT molecular complexity index is 393. The summed E-state index contributed by atoms with van der Waals surface area (Å²) in [5.74, 6) is -0.680. The molecule has 0 fully saturated rings. The number of methoxy groups -OCH3 is 1. The SMILES string of the molecule is COC(=O)CCNC(=O)[C@@H](N)CCCCNC(=O)OC(C)(C)C. The molecule has 0 aromatic heterocycles. The second-order valence-electron chi connectivity index (χ2n) is 6.15. The van der Waals surface area contributed by atoms with Crippen molar-refractivity contribution in [1.29, 1.82) is 0 Å². The van der Waals surface area contributed by atoms with Gasteiger partial charge in [-0.25, -0.2) is 4.79 Å². The maximum Gasteiger partial charge on any atom is 0.407 e. The van der Waals surface area contributed by atoms with Crippen LogP contribution in [0.5, 0.6) is 0 Å². The first-order chi connectivity index (χ1) is 10.7. The van der Waals surface area contributed by atoms with Crippen LogP contribution in [0.4, 0.5) is 4.79 Å². The first-order valence-electron chi connectivity index (χ1n) is 7.72. The van der Waals surface area contributed by atoms with Gasteiger partial charge < -0.3 is 25.8 Å². The molecule has 0 aliphatic heterocycles. The van der Waals surface area contributed by atoms with E-state index in [2.05, 4.69) is 15.4 Å². The first-order valence-corrected chi connectivity index (χ1v) is 7.72. The van der Waals surface area contributed by atoms with Crippen molar-refractivity contribution in [3.8, 4) is 0 Å². The Hall–Kier alpha value is -1.83. The monoisotopic (exact) mass is 331 g/mol. The van der Waals surface area contributed by atoms with Gasteiger partial charge in [0.1, 0.15) is 5.60 Å². The third kappa shape index (κ3) is 12.4. The summed E-state index contributed by atoms with van der Waals surface area (Å²) in [6.07, 6.45) is 1.56. The van der Waals surface area contributed by atoms with Crippen molar-refractivity contribution >= 4 is 18.0 Å². The normalized spacial score (nSPS) is 12.2. The zero-order chi connectivity index (χ0) is 17.9. The third-order valence-electron chi connectivity index (χ3n) is 2.80. The lowest BCUT2D eigenvalue weighted by atomic mass is 10.1. The maximum atomic E-state index is 11.7. The molecule has 0 unspecified atom stereocenters. The van der Waals surface area contributed by atoms with E-state index in [9.17, 15) is 14.4 Å². The van der Waals surface area contributed by atoms with Gasteiger partial charge in [-0.05, 0) is 40.0 Å². The highest BCUT2D eigenvalue weighted by Crippen LogP contribution is 2.06. The molecule has 8 heteroatoms. The van der Waals surface area contributed by atoms with Crippen molar-refractivity contribution in [3.63, 3.8) is 0 Å². The highest BCUT2D eigenvalue weighted by Gasteiger charge is 2.16.